The van der Waals surface area contributed by atoms with Gasteiger partial charge in [0.05, 0.1) is 0 Å². The summed E-state index contributed by atoms with van der Waals surface area (Å²) in [4.78, 5) is 8.38. The van der Waals surface area contributed by atoms with Crippen LogP contribution in [0.3, 0.4) is 0 Å². The summed E-state index contributed by atoms with van der Waals surface area (Å²) in [7, 11) is -1.07. The molecule has 0 spiro atoms. The first-order valence-corrected chi connectivity index (χ1v) is 11.2. The van der Waals surface area contributed by atoms with Crippen LogP contribution in [-0.4, -0.2) is 29.2 Å². The maximum absolute atomic E-state index is 6.01. The Morgan fingerprint density at radius 3 is 2.57 bits per heavy atom. The fraction of sp³-hybridized carbons (Fsp3) is 0.429. The molecule has 2 aromatic heterocycles. The molecule has 0 atom stereocenters. The Morgan fingerprint density at radius 2 is 1.95 bits per heavy atom. The summed E-state index contributed by atoms with van der Waals surface area (Å²) in [6, 6.07) is 4.73. The molecule has 0 saturated heterocycles. The Hall–Kier alpha value is -0.883. The van der Waals surface area contributed by atoms with Gasteiger partial charge in [0.1, 0.15) is 22.9 Å². The number of hydrogen-bond acceptors (Lipinski definition) is 3. The van der Waals surface area contributed by atoms with Crippen molar-refractivity contribution in [1.29, 1.82) is 0 Å². The summed E-state index contributed by atoms with van der Waals surface area (Å²) in [5.74, 6) is 0.733. The molecular weight excluding hydrogens is 325 g/mol. The summed E-state index contributed by atoms with van der Waals surface area (Å²) in [5.41, 5.74) is 0.861. The molecule has 0 amide bonds. The summed E-state index contributed by atoms with van der Waals surface area (Å²) >= 11 is 11.8. The molecule has 4 nitrogen and oxygen atoms in total. The van der Waals surface area contributed by atoms with Gasteiger partial charge in [0.15, 0.2) is 0 Å². The van der Waals surface area contributed by atoms with E-state index in [0.29, 0.717) is 17.0 Å². The highest BCUT2D eigenvalue weighted by Gasteiger charge is 2.13. The summed E-state index contributed by atoms with van der Waals surface area (Å²) in [5, 5.41) is 0.892. The second-order valence-electron chi connectivity index (χ2n) is 6.07. The second-order valence-corrected chi connectivity index (χ2v) is 12.5. The van der Waals surface area contributed by atoms with E-state index < -0.39 is 8.07 Å². The minimum absolute atomic E-state index is 0.433. The third-order valence-electron chi connectivity index (χ3n) is 2.96. The van der Waals surface area contributed by atoms with Gasteiger partial charge in [-0.25, -0.2) is 9.97 Å². The first-order chi connectivity index (χ1) is 9.85. The van der Waals surface area contributed by atoms with Gasteiger partial charge >= 0.3 is 0 Å². The Bertz CT molecular complexity index is 593. The normalized spacial score (nSPS) is 11.9. The lowest BCUT2D eigenvalue weighted by molar-refractivity contribution is 0.0883. The van der Waals surface area contributed by atoms with Crippen LogP contribution in [0.4, 0.5) is 0 Å². The highest BCUT2D eigenvalue weighted by Crippen LogP contribution is 2.22. The van der Waals surface area contributed by atoms with E-state index in [4.69, 9.17) is 27.9 Å². The molecule has 2 heterocycles. The van der Waals surface area contributed by atoms with Crippen molar-refractivity contribution in [3.63, 3.8) is 0 Å². The van der Waals surface area contributed by atoms with Gasteiger partial charge in [-0.05, 0) is 18.2 Å². The van der Waals surface area contributed by atoms with Gasteiger partial charge in [-0.15, -0.1) is 0 Å². The fourth-order valence-electron chi connectivity index (χ4n) is 1.76. The van der Waals surface area contributed by atoms with Crippen LogP contribution < -0.4 is 0 Å². The van der Waals surface area contributed by atoms with Crippen LogP contribution in [-0.2, 0) is 11.5 Å². The lowest BCUT2D eigenvalue weighted by Gasteiger charge is -2.16. The Labute approximate surface area is 136 Å². The zero-order valence-corrected chi connectivity index (χ0v) is 14.9. The number of ether oxygens (including phenoxy) is 1. The Kier molecular flexibility index (Phi) is 5.43. The SMILES string of the molecule is C[Si](C)(C)CCOCn1cc(Cl)nc1-c1ccc(Cl)nc1. The van der Waals surface area contributed by atoms with Crippen LogP contribution in [0.25, 0.3) is 11.4 Å². The number of rotatable bonds is 6. The third kappa shape index (κ3) is 5.11. The van der Waals surface area contributed by atoms with Crippen molar-refractivity contribution in [1.82, 2.24) is 14.5 Å². The quantitative estimate of drug-likeness (QED) is 0.438. The van der Waals surface area contributed by atoms with Crippen molar-refractivity contribution in [2.75, 3.05) is 6.61 Å². The van der Waals surface area contributed by atoms with Gasteiger partial charge in [-0.3, -0.25) is 0 Å². The lowest BCUT2D eigenvalue weighted by Crippen LogP contribution is -2.22. The number of aromatic nitrogens is 3. The Morgan fingerprint density at radius 1 is 1.19 bits per heavy atom. The molecule has 2 rings (SSSR count). The van der Waals surface area contributed by atoms with Crippen LogP contribution in [0, 0.1) is 0 Å². The van der Waals surface area contributed by atoms with E-state index in [0.717, 1.165) is 24.0 Å². The molecule has 114 valence electrons. The highest BCUT2D eigenvalue weighted by molar-refractivity contribution is 6.76. The second kappa shape index (κ2) is 6.92. The van der Waals surface area contributed by atoms with Crippen molar-refractivity contribution < 1.29 is 4.74 Å². The molecule has 0 bridgehead atoms. The van der Waals surface area contributed by atoms with Crippen LogP contribution in [0.15, 0.2) is 24.5 Å². The largest absolute Gasteiger partial charge is 0.361 e. The zero-order valence-electron chi connectivity index (χ0n) is 12.4. The number of hydrogen-bond donors (Lipinski definition) is 0. The minimum atomic E-state index is -1.07. The van der Waals surface area contributed by atoms with Gasteiger partial charge in [0, 0.05) is 32.6 Å². The predicted molar refractivity (Wildman–Crippen MR) is 89.6 cm³/mol. The third-order valence-corrected chi connectivity index (χ3v) is 5.07. The zero-order chi connectivity index (χ0) is 15.5. The Balaban J connectivity index is 2.05. The smallest absolute Gasteiger partial charge is 0.147 e. The molecule has 0 N–H and O–H groups in total. The van der Waals surface area contributed by atoms with E-state index in [2.05, 4.69) is 29.6 Å². The van der Waals surface area contributed by atoms with Crippen LogP contribution in [0.1, 0.15) is 0 Å². The van der Waals surface area contributed by atoms with Gasteiger partial charge in [0.2, 0.25) is 0 Å². The summed E-state index contributed by atoms with van der Waals surface area (Å²) in [6.07, 6.45) is 3.44. The monoisotopic (exact) mass is 343 g/mol. The maximum Gasteiger partial charge on any atom is 0.147 e. The average Bonchev–Trinajstić information content (AvgIpc) is 2.76. The highest BCUT2D eigenvalue weighted by atomic mass is 35.5. The van der Waals surface area contributed by atoms with Gasteiger partial charge in [0.25, 0.3) is 0 Å². The molecule has 0 radical (unpaired) electrons. The van der Waals surface area contributed by atoms with Gasteiger partial charge in [-0.2, -0.15) is 0 Å². The van der Waals surface area contributed by atoms with Crippen molar-refractivity contribution >= 4 is 31.3 Å². The first-order valence-electron chi connectivity index (χ1n) is 6.77. The minimum Gasteiger partial charge on any atom is -0.361 e. The lowest BCUT2D eigenvalue weighted by atomic mass is 10.3. The molecule has 21 heavy (non-hydrogen) atoms. The molecule has 7 heteroatoms. The van der Waals surface area contributed by atoms with Crippen LogP contribution >= 0.6 is 23.2 Å². The van der Waals surface area contributed by atoms with Crippen LogP contribution in [0.5, 0.6) is 0 Å². The molecule has 2 aromatic rings. The average molecular weight is 344 g/mol. The van der Waals surface area contributed by atoms with E-state index in [1.165, 1.54) is 0 Å². The van der Waals surface area contributed by atoms with E-state index in [1.807, 2.05) is 10.6 Å². The molecule has 0 aliphatic carbocycles. The predicted octanol–water partition coefficient (Wildman–Crippen LogP) is 4.56. The van der Waals surface area contributed by atoms with Gasteiger partial charge < -0.3 is 9.30 Å². The number of pyridine rings is 1. The maximum atomic E-state index is 6.01. The molecule has 0 aliphatic rings. The van der Waals surface area contributed by atoms with Crippen molar-refractivity contribution in [2.24, 2.45) is 0 Å². The van der Waals surface area contributed by atoms with Gasteiger partial charge in [-0.1, -0.05) is 42.8 Å². The summed E-state index contributed by atoms with van der Waals surface area (Å²) in [6.45, 7) is 8.17. The van der Waals surface area contributed by atoms with Crippen LogP contribution in [0.2, 0.25) is 36.0 Å². The van der Waals surface area contributed by atoms with E-state index in [1.54, 1.807) is 18.5 Å². The molecule has 0 aliphatic heterocycles. The van der Waals surface area contributed by atoms with Crippen molar-refractivity contribution in [3.8, 4) is 11.4 Å². The topological polar surface area (TPSA) is 39.9 Å². The summed E-state index contributed by atoms with van der Waals surface area (Å²) < 4.78 is 7.63. The standard InChI is InChI=1S/C14H19Cl2N3OSi/c1-21(2,3)7-6-20-10-19-9-13(16)18-14(19)11-4-5-12(15)17-8-11/h4-5,8-9H,6-7,10H2,1-3H3. The first kappa shape index (κ1) is 16.5. The fourth-order valence-corrected chi connectivity index (χ4v) is 2.83. The van der Waals surface area contributed by atoms with E-state index >= 15 is 0 Å². The number of imidazole rings is 1. The molecular formula is C14H19Cl2N3OSi. The molecule has 0 unspecified atom stereocenters. The van der Waals surface area contributed by atoms with E-state index in [9.17, 15) is 0 Å². The van der Waals surface area contributed by atoms with Crippen molar-refractivity contribution in [3.05, 3.63) is 34.8 Å². The van der Waals surface area contributed by atoms with Crippen molar-refractivity contribution in [2.45, 2.75) is 32.4 Å². The van der Waals surface area contributed by atoms with E-state index in [-0.39, 0.29) is 0 Å². The molecule has 0 saturated carbocycles. The molecule has 0 aromatic carbocycles. The molecule has 0 fully saturated rings. The number of halogens is 2. The number of nitrogens with zero attached hydrogens (tertiary/aromatic N) is 3.